The van der Waals surface area contributed by atoms with Crippen molar-refractivity contribution in [2.45, 2.75) is 42.4 Å². The topological polar surface area (TPSA) is 127 Å². The molecule has 0 unspecified atom stereocenters. The molecule has 7 nitrogen and oxygen atoms in total. The molecule has 2 aromatic rings. The Labute approximate surface area is 155 Å². The molecule has 4 N–H and O–H groups in total. The monoisotopic (exact) mass is 396 g/mol. The summed E-state index contributed by atoms with van der Waals surface area (Å²) in [7, 11) is -3.90. The Bertz CT molecular complexity index is 968. The molecule has 0 atom stereocenters. The summed E-state index contributed by atoms with van der Waals surface area (Å²) in [5.41, 5.74) is 4.65. The maximum atomic E-state index is 12.9. The fourth-order valence-corrected chi connectivity index (χ4v) is 5.35. The summed E-state index contributed by atoms with van der Waals surface area (Å²) in [4.78, 5) is 23.9. The highest BCUT2D eigenvalue weighted by Gasteiger charge is 2.31. The van der Waals surface area contributed by atoms with Gasteiger partial charge in [0, 0.05) is 0 Å². The van der Waals surface area contributed by atoms with Crippen LogP contribution >= 0.6 is 11.3 Å². The Kier molecular flexibility index (Phi) is 5.27. The van der Waals surface area contributed by atoms with E-state index in [2.05, 4.69) is 5.32 Å². The zero-order valence-electron chi connectivity index (χ0n) is 14.8. The van der Waals surface area contributed by atoms with E-state index in [0.717, 1.165) is 16.9 Å². The zero-order valence-corrected chi connectivity index (χ0v) is 16.4. The summed E-state index contributed by atoms with van der Waals surface area (Å²) < 4.78 is 25.8. The van der Waals surface area contributed by atoms with Gasteiger partial charge in [0.1, 0.15) is 14.8 Å². The van der Waals surface area contributed by atoms with Gasteiger partial charge in [-0.25, -0.2) is 8.42 Å². The molecule has 1 heterocycles. The third-order valence-corrected chi connectivity index (χ3v) is 7.30. The van der Waals surface area contributed by atoms with E-state index in [1.165, 1.54) is 32.9 Å². The number of aryl methyl sites for hydroxylation is 1. The number of hydrogen-bond donors (Lipinski definition) is 3. The first-order valence-corrected chi connectivity index (χ1v) is 9.94. The number of anilines is 1. The van der Waals surface area contributed by atoms with Crippen LogP contribution in [0.3, 0.4) is 0 Å². The van der Waals surface area contributed by atoms with Crippen molar-refractivity contribution in [2.24, 2.45) is 5.73 Å². The number of nitrogens with two attached hydrogens (primary N) is 1. The van der Waals surface area contributed by atoms with E-state index in [-0.39, 0.29) is 25.2 Å². The second-order valence-electron chi connectivity index (χ2n) is 6.41. The summed E-state index contributed by atoms with van der Waals surface area (Å²) in [5.74, 6) is -1.64. The first-order chi connectivity index (χ1) is 11.9. The fraction of sp³-hybridized carbons (Fsp3) is 0.294. The third-order valence-electron chi connectivity index (χ3n) is 3.71. The second kappa shape index (κ2) is 6.82. The second-order valence-corrected chi connectivity index (χ2v) is 9.58. The van der Waals surface area contributed by atoms with Gasteiger partial charge in [-0.05, 0) is 45.4 Å². The molecule has 0 radical (unpaired) electrons. The number of sulfone groups is 1. The molecule has 0 aliphatic rings. The average molecular weight is 396 g/mol. The van der Waals surface area contributed by atoms with E-state index in [1.54, 1.807) is 12.1 Å². The number of thiophene rings is 1. The minimum absolute atomic E-state index is 0.00666. The molecule has 0 spiro atoms. The normalized spacial score (nSPS) is 12.0. The van der Waals surface area contributed by atoms with Crippen molar-refractivity contribution in [1.29, 1.82) is 0 Å². The molecule has 0 aliphatic heterocycles. The highest BCUT2D eigenvalue weighted by atomic mass is 32.2. The molecule has 1 aromatic heterocycles. The average Bonchev–Trinajstić information content (AvgIpc) is 2.84. The smallest absolute Gasteiger partial charge is 0.256 e. The number of amides is 2. The van der Waals surface area contributed by atoms with Gasteiger partial charge in [0.15, 0.2) is 0 Å². The first kappa shape index (κ1) is 20.1. The number of hydrogen-bond acceptors (Lipinski definition) is 6. The van der Waals surface area contributed by atoms with E-state index in [4.69, 9.17) is 5.73 Å². The number of nitrogens with one attached hydrogen (secondary N) is 1. The maximum absolute atomic E-state index is 12.9. The van der Waals surface area contributed by atoms with Crippen LogP contribution in [0.4, 0.5) is 5.00 Å². The molecule has 0 saturated heterocycles. The Hall–Kier alpha value is -2.23. The molecule has 2 amide bonds. The lowest BCUT2D eigenvalue weighted by Gasteiger charge is -2.16. The Morgan fingerprint density at radius 2 is 1.69 bits per heavy atom. The van der Waals surface area contributed by atoms with Gasteiger partial charge in [0.2, 0.25) is 9.84 Å². The summed E-state index contributed by atoms with van der Waals surface area (Å²) >= 11 is 0.733. The van der Waals surface area contributed by atoms with Crippen LogP contribution in [0.1, 0.15) is 35.3 Å². The van der Waals surface area contributed by atoms with Crippen molar-refractivity contribution >= 4 is 38.0 Å². The predicted molar refractivity (Wildman–Crippen MR) is 99.1 cm³/mol. The SMILES string of the molecule is Cc1ccc(S(=O)(=O)c2sc(NC(=O)C(C)(C)O)c(C(N)=O)c2C)cc1. The Balaban J connectivity index is 2.60. The lowest BCUT2D eigenvalue weighted by molar-refractivity contribution is -0.130. The number of primary amides is 1. The Morgan fingerprint density at radius 3 is 2.15 bits per heavy atom. The quantitative estimate of drug-likeness (QED) is 0.712. The predicted octanol–water partition coefficient (Wildman–Crippen LogP) is 2.01. The number of rotatable bonds is 5. The number of carbonyl (C=O) groups excluding carboxylic acids is 2. The fourth-order valence-electron chi connectivity index (χ4n) is 2.21. The molecular formula is C17H20N2O5S2. The van der Waals surface area contributed by atoms with Gasteiger partial charge in [-0.2, -0.15) is 0 Å². The van der Waals surface area contributed by atoms with E-state index in [1.807, 2.05) is 6.92 Å². The van der Waals surface area contributed by atoms with Crippen LogP contribution in [-0.4, -0.2) is 30.9 Å². The van der Waals surface area contributed by atoms with Gasteiger partial charge in [-0.3, -0.25) is 9.59 Å². The molecule has 0 fully saturated rings. The van der Waals surface area contributed by atoms with E-state index in [0.29, 0.717) is 0 Å². The zero-order chi connectivity index (χ0) is 19.9. The van der Waals surface area contributed by atoms with Crippen LogP contribution < -0.4 is 11.1 Å². The highest BCUT2D eigenvalue weighted by molar-refractivity contribution is 7.93. The first-order valence-electron chi connectivity index (χ1n) is 7.64. The molecule has 0 aliphatic carbocycles. The molecular weight excluding hydrogens is 376 g/mol. The van der Waals surface area contributed by atoms with Crippen LogP contribution in [0.25, 0.3) is 0 Å². The van der Waals surface area contributed by atoms with Crippen LogP contribution in [0, 0.1) is 13.8 Å². The van der Waals surface area contributed by atoms with Crippen molar-refractivity contribution in [2.75, 3.05) is 5.32 Å². The molecule has 140 valence electrons. The Morgan fingerprint density at radius 1 is 1.15 bits per heavy atom. The molecule has 0 bridgehead atoms. The van der Waals surface area contributed by atoms with E-state index < -0.39 is 27.3 Å². The van der Waals surface area contributed by atoms with Crippen molar-refractivity contribution in [3.63, 3.8) is 0 Å². The lowest BCUT2D eigenvalue weighted by atomic mass is 10.1. The van der Waals surface area contributed by atoms with Crippen LogP contribution in [0.2, 0.25) is 0 Å². The molecule has 0 saturated carbocycles. The van der Waals surface area contributed by atoms with Gasteiger partial charge in [0.25, 0.3) is 11.8 Å². The van der Waals surface area contributed by atoms with Gasteiger partial charge in [-0.15, -0.1) is 11.3 Å². The number of carbonyl (C=O) groups is 2. The van der Waals surface area contributed by atoms with E-state index in [9.17, 15) is 23.1 Å². The van der Waals surface area contributed by atoms with Gasteiger partial charge < -0.3 is 16.2 Å². The molecule has 2 rings (SSSR count). The summed E-state index contributed by atoms with van der Waals surface area (Å²) in [6.07, 6.45) is 0. The molecule has 26 heavy (non-hydrogen) atoms. The van der Waals surface area contributed by atoms with E-state index >= 15 is 0 Å². The van der Waals surface area contributed by atoms with Gasteiger partial charge in [-0.1, -0.05) is 17.7 Å². The molecule has 1 aromatic carbocycles. The summed E-state index contributed by atoms with van der Waals surface area (Å²) in [5, 5.41) is 12.2. The largest absolute Gasteiger partial charge is 0.381 e. The van der Waals surface area contributed by atoms with Crippen molar-refractivity contribution in [3.8, 4) is 0 Å². The van der Waals surface area contributed by atoms with Crippen molar-refractivity contribution in [3.05, 3.63) is 41.0 Å². The minimum atomic E-state index is -3.90. The van der Waals surface area contributed by atoms with Crippen molar-refractivity contribution < 1.29 is 23.1 Å². The lowest BCUT2D eigenvalue weighted by Crippen LogP contribution is -2.37. The van der Waals surface area contributed by atoms with Gasteiger partial charge in [0.05, 0.1) is 10.5 Å². The number of benzene rings is 1. The number of aliphatic hydroxyl groups is 1. The standard InChI is InChI=1S/C17H20N2O5S2/c1-9-5-7-11(8-6-9)26(23,24)15-10(2)12(13(18)20)14(25-15)19-16(21)17(3,4)22/h5-8,22H,1-4H3,(H2,18,20)(H,19,21). The van der Waals surface area contributed by atoms with Crippen molar-refractivity contribution in [1.82, 2.24) is 0 Å². The van der Waals surface area contributed by atoms with Crippen LogP contribution in [0.15, 0.2) is 33.4 Å². The summed E-state index contributed by atoms with van der Waals surface area (Å²) in [6.45, 7) is 5.84. The maximum Gasteiger partial charge on any atom is 0.256 e. The molecule has 9 heteroatoms. The highest BCUT2D eigenvalue weighted by Crippen LogP contribution is 2.39. The third kappa shape index (κ3) is 3.79. The van der Waals surface area contributed by atoms with Crippen LogP contribution in [0.5, 0.6) is 0 Å². The van der Waals surface area contributed by atoms with Gasteiger partial charge >= 0.3 is 0 Å². The summed E-state index contributed by atoms with van der Waals surface area (Å²) in [6, 6.07) is 6.29. The minimum Gasteiger partial charge on any atom is -0.381 e. The van der Waals surface area contributed by atoms with Crippen LogP contribution in [-0.2, 0) is 14.6 Å².